The Bertz CT molecular complexity index is 940. The first-order chi connectivity index (χ1) is 12.0. The van der Waals surface area contributed by atoms with E-state index in [9.17, 15) is 13.2 Å². The Morgan fingerprint density at radius 3 is 2.72 bits per heavy atom. The molecular formula is C18H18N2O4S. The minimum atomic E-state index is -3.82. The van der Waals surface area contributed by atoms with Gasteiger partial charge < -0.3 is 10.1 Å². The molecule has 25 heavy (non-hydrogen) atoms. The Morgan fingerprint density at radius 2 is 1.96 bits per heavy atom. The van der Waals surface area contributed by atoms with Crippen molar-refractivity contribution in [2.24, 2.45) is 0 Å². The van der Waals surface area contributed by atoms with Crippen LogP contribution in [-0.2, 0) is 19.6 Å². The van der Waals surface area contributed by atoms with Crippen molar-refractivity contribution < 1.29 is 17.9 Å². The van der Waals surface area contributed by atoms with Gasteiger partial charge in [-0.2, -0.15) is 0 Å². The fraction of sp³-hybridized carbons (Fsp3) is 0.167. The molecule has 0 bridgehead atoms. The van der Waals surface area contributed by atoms with Gasteiger partial charge in [0.25, 0.3) is 15.9 Å². The Hall–Kier alpha value is -2.80. The molecule has 0 fully saturated rings. The standard InChI is InChI=1S/C18H18N2O4S/c1-20-16(18(21)19-13-9-5-3-4-6-10-13)17(24-2)14-11-7-8-12-15(14)25(20,22)23/h3-9,11-12H,10H2,1-2H3,(H,19,21). The third-order valence-electron chi connectivity index (χ3n) is 3.99. The predicted octanol–water partition coefficient (Wildman–Crippen LogP) is 2.15. The molecule has 6 nitrogen and oxygen atoms in total. The first kappa shape index (κ1) is 17.0. The van der Waals surface area contributed by atoms with Crippen molar-refractivity contribution in [2.75, 3.05) is 14.2 Å². The number of hydrogen-bond donors (Lipinski definition) is 1. The van der Waals surface area contributed by atoms with Crippen LogP contribution in [-0.4, -0.2) is 32.8 Å². The maximum absolute atomic E-state index is 12.8. The van der Waals surface area contributed by atoms with Crippen LogP contribution in [0.3, 0.4) is 0 Å². The Morgan fingerprint density at radius 1 is 1.20 bits per heavy atom. The van der Waals surface area contributed by atoms with Crippen molar-refractivity contribution in [1.82, 2.24) is 9.62 Å². The second kappa shape index (κ2) is 6.60. The lowest BCUT2D eigenvalue weighted by molar-refractivity contribution is -0.117. The van der Waals surface area contributed by atoms with Gasteiger partial charge in [-0.05, 0) is 18.2 Å². The van der Waals surface area contributed by atoms with E-state index >= 15 is 0 Å². The number of nitrogens with one attached hydrogen (secondary N) is 1. The van der Waals surface area contributed by atoms with Gasteiger partial charge in [0.1, 0.15) is 0 Å². The molecule has 0 atom stereocenters. The van der Waals surface area contributed by atoms with Gasteiger partial charge in [-0.15, -0.1) is 0 Å². The number of ether oxygens (including phenoxy) is 1. The van der Waals surface area contributed by atoms with Crippen molar-refractivity contribution >= 4 is 21.7 Å². The Balaban J connectivity index is 2.08. The van der Waals surface area contributed by atoms with E-state index in [1.165, 1.54) is 20.2 Å². The van der Waals surface area contributed by atoms with E-state index < -0.39 is 15.9 Å². The van der Waals surface area contributed by atoms with Crippen LogP contribution in [0.2, 0.25) is 0 Å². The third kappa shape index (κ3) is 2.98. The zero-order chi connectivity index (χ0) is 18.0. The zero-order valence-electron chi connectivity index (χ0n) is 13.9. The molecule has 1 heterocycles. The summed E-state index contributed by atoms with van der Waals surface area (Å²) in [6.07, 6.45) is 9.76. The molecule has 0 saturated heterocycles. The van der Waals surface area contributed by atoms with Crippen LogP contribution in [0.1, 0.15) is 12.0 Å². The van der Waals surface area contributed by atoms with E-state index in [-0.39, 0.29) is 16.4 Å². The van der Waals surface area contributed by atoms with Crippen LogP contribution in [0.15, 0.2) is 70.9 Å². The molecule has 3 rings (SSSR count). The van der Waals surface area contributed by atoms with E-state index in [2.05, 4.69) is 5.32 Å². The van der Waals surface area contributed by atoms with Gasteiger partial charge in [0.2, 0.25) is 0 Å². The summed E-state index contributed by atoms with van der Waals surface area (Å²) in [5, 5.41) is 2.77. The number of rotatable bonds is 3. The van der Waals surface area contributed by atoms with Gasteiger partial charge in [-0.1, -0.05) is 36.4 Å². The van der Waals surface area contributed by atoms with Crippen molar-refractivity contribution in [3.8, 4) is 0 Å². The predicted molar refractivity (Wildman–Crippen MR) is 94.4 cm³/mol. The highest BCUT2D eigenvalue weighted by Crippen LogP contribution is 2.36. The number of sulfonamides is 1. The summed E-state index contributed by atoms with van der Waals surface area (Å²) in [5.41, 5.74) is 1.00. The molecule has 130 valence electrons. The molecule has 0 aromatic heterocycles. The number of carbonyl (C=O) groups is 1. The summed E-state index contributed by atoms with van der Waals surface area (Å²) in [5.74, 6) is -0.307. The molecular weight excluding hydrogens is 340 g/mol. The van der Waals surface area contributed by atoms with Crippen molar-refractivity contribution in [1.29, 1.82) is 0 Å². The van der Waals surface area contributed by atoms with Gasteiger partial charge in [0.15, 0.2) is 11.5 Å². The average molecular weight is 358 g/mol. The smallest absolute Gasteiger partial charge is 0.276 e. The molecule has 1 aromatic rings. The molecule has 0 spiro atoms. The van der Waals surface area contributed by atoms with Crippen LogP contribution in [0.5, 0.6) is 0 Å². The summed E-state index contributed by atoms with van der Waals surface area (Å²) < 4.78 is 31.9. The highest BCUT2D eigenvalue weighted by atomic mass is 32.2. The van der Waals surface area contributed by atoms with Crippen molar-refractivity contribution in [3.63, 3.8) is 0 Å². The topological polar surface area (TPSA) is 75.7 Å². The summed E-state index contributed by atoms with van der Waals surface area (Å²) in [4.78, 5) is 12.9. The van der Waals surface area contributed by atoms with Crippen molar-refractivity contribution in [3.05, 3.63) is 71.6 Å². The number of hydrogen-bond acceptors (Lipinski definition) is 4. The maximum Gasteiger partial charge on any atom is 0.276 e. The first-order valence-electron chi connectivity index (χ1n) is 7.67. The highest BCUT2D eigenvalue weighted by Gasteiger charge is 2.38. The molecule has 1 aliphatic heterocycles. The van der Waals surface area contributed by atoms with Gasteiger partial charge in [0, 0.05) is 24.7 Å². The number of amides is 1. The van der Waals surface area contributed by atoms with Crippen LogP contribution < -0.4 is 5.32 Å². The van der Waals surface area contributed by atoms with Gasteiger partial charge >= 0.3 is 0 Å². The number of fused-ring (bicyclic) bond motifs is 1. The molecule has 1 N–H and O–H groups in total. The van der Waals surface area contributed by atoms with E-state index in [1.807, 2.05) is 18.2 Å². The van der Waals surface area contributed by atoms with Crippen LogP contribution in [0.25, 0.3) is 5.76 Å². The third-order valence-corrected chi connectivity index (χ3v) is 5.80. The minimum absolute atomic E-state index is 0.0423. The molecule has 7 heteroatoms. The second-order valence-electron chi connectivity index (χ2n) is 5.51. The number of allylic oxidation sites excluding steroid dienone is 5. The van der Waals surface area contributed by atoms with Gasteiger partial charge in [-0.25, -0.2) is 8.42 Å². The Labute approximate surface area is 146 Å². The lowest BCUT2D eigenvalue weighted by Crippen LogP contribution is -2.39. The quantitative estimate of drug-likeness (QED) is 0.898. The molecule has 1 aromatic carbocycles. The highest BCUT2D eigenvalue weighted by molar-refractivity contribution is 7.89. The summed E-state index contributed by atoms with van der Waals surface area (Å²) in [6.45, 7) is 0. The Kier molecular flexibility index (Phi) is 4.50. The van der Waals surface area contributed by atoms with E-state index in [4.69, 9.17) is 4.74 Å². The number of likely N-dealkylation sites (N-methyl/N-ethyl adjacent to an activating group) is 1. The molecule has 0 radical (unpaired) electrons. The molecule has 2 aliphatic rings. The van der Waals surface area contributed by atoms with Crippen LogP contribution in [0, 0.1) is 0 Å². The van der Waals surface area contributed by atoms with Crippen molar-refractivity contribution in [2.45, 2.75) is 11.3 Å². The number of methoxy groups -OCH3 is 1. The van der Waals surface area contributed by atoms with E-state index in [1.54, 1.807) is 30.4 Å². The summed E-state index contributed by atoms with van der Waals surface area (Å²) in [7, 11) is -1.05. The number of nitrogens with zero attached hydrogens (tertiary/aromatic N) is 1. The summed E-state index contributed by atoms with van der Waals surface area (Å²) >= 11 is 0. The minimum Gasteiger partial charge on any atom is -0.494 e. The molecule has 0 unspecified atom stereocenters. The van der Waals surface area contributed by atoms with Crippen LogP contribution in [0.4, 0.5) is 0 Å². The number of carbonyl (C=O) groups excluding carboxylic acids is 1. The largest absolute Gasteiger partial charge is 0.494 e. The van der Waals surface area contributed by atoms with Gasteiger partial charge in [-0.3, -0.25) is 9.10 Å². The first-order valence-corrected chi connectivity index (χ1v) is 9.11. The molecule has 1 amide bonds. The van der Waals surface area contributed by atoms with E-state index in [0.717, 1.165) is 4.31 Å². The molecule has 1 aliphatic carbocycles. The molecule has 0 saturated carbocycles. The number of benzene rings is 1. The fourth-order valence-electron chi connectivity index (χ4n) is 2.75. The maximum atomic E-state index is 12.8. The fourth-order valence-corrected chi connectivity index (χ4v) is 4.14. The van der Waals surface area contributed by atoms with E-state index in [0.29, 0.717) is 17.7 Å². The SMILES string of the molecule is COC1=C(C(=O)NC2=CC=CC=CC2)N(C)S(=O)(=O)c2ccccc21. The summed E-state index contributed by atoms with van der Waals surface area (Å²) in [6, 6.07) is 6.47. The van der Waals surface area contributed by atoms with Crippen LogP contribution >= 0.6 is 0 Å². The second-order valence-corrected chi connectivity index (χ2v) is 7.45. The zero-order valence-corrected chi connectivity index (χ0v) is 14.7. The van der Waals surface area contributed by atoms with Gasteiger partial charge in [0.05, 0.1) is 12.0 Å². The monoisotopic (exact) mass is 358 g/mol. The lowest BCUT2D eigenvalue weighted by Gasteiger charge is -2.30. The lowest BCUT2D eigenvalue weighted by atomic mass is 10.1. The average Bonchev–Trinajstić information content (AvgIpc) is 2.86. The normalized spacial score (nSPS) is 18.3.